The minimum atomic E-state index is -0.254. The van der Waals surface area contributed by atoms with Crippen molar-refractivity contribution in [2.45, 2.75) is 5.75 Å². The van der Waals surface area contributed by atoms with Gasteiger partial charge in [0.1, 0.15) is 5.75 Å². The lowest BCUT2D eigenvalue weighted by molar-refractivity contribution is -0.113. The summed E-state index contributed by atoms with van der Waals surface area (Å²) < 4.78 is 5.24. The highest BCUT2D eigenvalue weighted by Gasteiger charge is 2.10. The van der Waals surface area contributed by atoms with Crippen LogP contribution < -0.4 is 15.4 Å². The first-order chi connectivity index (χ1) is 14.5. The van der Waals surface area contributed by atoms with Crippen LogP contribution >= 0.6 is 23.4 Å². The minimum absolute atomic E-state index is 0.0970. The van der Waals surface area contributed by atoms with E-state index < -0.39 is 0 Å². The Morgan fingerprint density at radius 3 is 2.33 bits per heavy atom. The second-order valence-corrected chi connectivity index (χ2v) is 7.82. The molecule has 0 aliphatic rings. The summed E-state index contributed by atoms with van der Waals surface area (Å²) in [5.41, 5.74) is 2.83. The molecule has 0 saturated heterocycles. The Morgan fingerprint density at radius 1 is 0.933 bits per heavy atom. The molecule has 0 heterocycles. The topological polar surface area (TPSA) is 67.4 Å². The van der Waals surface area contributed by atoms with E-state index in [1.807, 2.05) is 36.4 Å². The van der Waals surface area contributed by atoms with Gasteiger partial charge in [0, 0.05) is 22.0 Å². The summed E-state index contributed by atoms with van der Waals surface area (Å²) >= 11 is 7.39. The van der Waals surface area contributed by atoms with Crippen molar-refractivity contribution in [1.82, 2.24) is 0 Å². The molecule has 0 fully saturated rings. The average molecular weight is 441 g/mol. The third-order valence-corrected chi connectivity index (χ3v) is 5.46. The highest BCUT2D eigenvalue weighted by atomic mass is 35.5. The van der Waals surface area contributed by atoms with Gasteiger partial charge in [-0.25, -0.2) is 0 Å². The number of rotatable bonds is 8. The molecule has 5 nitrogen and oxygen atoms in total. The van der Waals surface area contributed by atoms with E-state index in [1.54, 1.807) is 43.5 Å². The first kappa shape index (κ1) is 21.7. The predicted octanol–water partition coefficient (Wildman–Crippen LogP) is 5.47. The largest absolute Gasteiger partial charge is 0.495 e. The SMILES string of the molecule is COc1ccccc1NC(=O)c1ccc(NC(=O)CSCc2ccc(Cl)cc2)cc1. The van der Waals surface area contributed by atoms with E-state index in [1.165, 1.54) is 11.8 Å². The number of para-hydroxylation sites is 2. The van der Waals surface area contributed by atoms with Crippen molar-refractivity contribution in [1.29, 1.82) is 0 Å². The molecule has 30 heavy (non-hydrogen) atoms. The lowest BCUT2D eigenvalue weighted by Gasteiger charge is -2.10. The summed E-state index contributed by atoms with van der Waals surface area (Å²) in [5, 5.41) is 6.36. The van der Waals surface area contributed by atoms with Gasteiger partial charge in [-0.2, -0.15) is 0 Å². The molecule has 2 N–H and O–H groups in total. The molecule has 0 unspecified atom stereocenters. The number of methoxy groups -OCH3 is 1. The summed E-state index contributed by atoms with van der Waals surface area (Å²) in [6.45, 7) is 0. The van der Waals surface area contributed by atoms with Crippen LogP contribution in [0.5, 0.6) is 5.75 Å². The number of nitrogens with one attached hydrogen (secondary N) is 2. The zero-order valence-corrected chi connectivity index (χ0v) is 17.9. The second-order valence-electron chi connectivity index (χ2n) is 6.40. The van der Waals surface area contributed by atoms with Crippen LogP contribution in [-0.4, -0.2) is 24.7 Å². The number of carbonyl (C=O) groups excluding carboxylic acids is 2. The molecule has 154 valence electrons. The minimum Gasteiger partial charge on any atom is -0.495 e. The van der Waals surface area contributed by atoms with Crippen LogP contribution in [0.15, 0.2) is 72.8 Å². The van der Waals surface area contributed by atoms with Gasteiger partial charge in [-0.1, -0.05) is 35.9 Å². The van der Waals surface area contributed by atoms with Crippen molar-refractivity contribution in [3.63, 3.8) is 0 Å². The smallest absolute Gasteiger partial charge is 0.255 e. The van der Waals surface area contributed by atoms with Gasteiger partial charge in [0.15, 0.2) is 0 Å². The molecule has 3 aromatic rings. The van der Waals surface area contributed by atoms with E-state index in [0.717, 1.165) is 11.3 Å². The van der Waals surface area contributed by atoms with Crippen molar-refractivity contribution in [2.75, 3.05) is 23.5 Å². The lowest BCUT2D eigenvalue weighted by Crippen LogP contribution is -2.15. The van der Waals surface area contributed by atoms with Gasteiger partial charge in [-0.15, -0.1) is 11.8 Å². The van der Waals surface area contributed by atoms with Gasteiger partial charge >= 0.3 is 0 Å². The Morgan fingerprint density at radius 2 is 1.63 bits per heavy atom. The molecule has 0 bridgehead atoms. The first-order valence-corrected chi connectivity index (χ1v) is 10.7. The third kappa shape index (κ3) is 6.27. The molecule has 0 spiro atoms. The average Bonchev–Trinajstić information content (AvgIpc) is 2.76. The van der Waals surface area contributed by atoms with Crippen molar-refractivity contribution < 1.29 is 14.3 Å². The zero-order chi connectivity index (χ0) is 21.3. The van der Waals surface area contributed by atoms with Crippen LogP contribution in [0.4, 0.5) is 11.4 Å². The molecule has 0 radical (unpaired) electrons. The Hall–Kier alpha value is -2.96. The summed E-state index contributed by atoms with van der Waals surface area (Å²) in [6, 6.07) is 21.5. The molecule has 0 aromatic heterocycles. The van der Waals surface area contributed by atoms with Crippen molar-refractivity contribution in [3.8, 4) is 5.75 Å². The molecule has 3 rings (SSSR count). The maximum absolute atomic E-state index is 12.4. The third-order valence-electron chi connectivity index (χ3n) is 4.20. The van der Waals surface area contributed by atoms with Crippen molar-refractivity contribution in [2.24, 2.45) is 0 Å². The van der Waals surface area contributed by atoms with E-state index in [9.17, 15) is 9.59 Å². The highest BCUT2D eigenvalue weighted by molar-refractivity contribution is 7.99. The Bertz CT molecular complexity index is 1010. The van der Waals surface area contributed by atoms with Crippen LogP contribution in [-0.2, 0) is 10.5 Å². The van der Waals surface area contributed by atoms with Gasteiger partial charge in [-0.3, -0.25) is 9.59 Å². The number of amides is 2. The summed E-state index contributed by atoms with van der Waals surface area (Å²) in [5.74, 6) is 1.30. The standard InChI is InChI=1S/C23H21ClN2O3S/c1-29-21-5-3-2-4-20(21)26-23(28)17-8-12-19(13-9-17)25-22(27)15-30-14-16-6-10-18(24)11-7-16/h2-13H,14-15H2,1H3,(H,25,27)(H,26,28). The quantitative estimate of drug-likeness (QED) is 0.487. The number of benzene rings is 3. The Labute approximate surface area is 184 Å². The highest BCUT2D eigenvalue weighted by Crippen LogP contribution is 2.24. The van der Waals surface area contributed by atoms with Crippen molar-refractivity contribution in [3.05, 3.63) is 88.9 Å². The number of halogens is 1. The number of hydrogen-bond acceptors (Lipinski definition) is 4. The molecule has 2 amide bonds. The van der Waals surface area contributed by atoms with Gasteiger partial charge < -0.3 is 15.4 Å². The van der Waals surface area contributed by atoms with E-state index in [2.05, 4.69) is 10.6 Å². The first-order valence-electron chi connectivity index (χ1n) is 9.21. The van der Waals surface area contributed by atoms with Gasteiger partial charge in [-0.05, 0) is 54.1 Å². The number of carbonyl (C=O) groups is 2. The molecule has 0 aliphatic carbocycles. The van der Waals surface area contributed by atoms with Crippen LogP contribution in [0.3, 0.4) is 0 Å². The number of hydrogen-bond donors (Lipinski definition) is 2. The fraction of sp³-hybridized carbons (Fsp3) is 0.130. The van der Waals surface area contributed by atoms with E-state index >= 15 is 0 Å². The number of anilines is 2. The summed E-state index contributed by atoms with van der Waals surface area (Å²) in [7, 11) is 1.55. The Balaban J connectivity index is 1.49. The summed E-state index contributed by atoms with van der Waals surface area (Å²) in [4.78, 5) is 24.6. The maximum atomic E-state index is 12.4. The molecular weight excluding hydrogens is 420 g/mol. The molecule has 0 atom stereocenters. The molecule has 3 aromatic carbocycles. The monoisotopic (exact) mass is 440 g/mol. The van der Waals surface area contributed by atoms with E-state index in [4.69, 9.17) is 16.3 Å². The lowest BCUT2D eigenvalue weighted by atomic mass is 10.2. The fourth-order valence-electron chi connectivity index (χ4n) is 2.69. The molecular formula is C23H21ClN2O3S. The number of thioether (sulfide) groups is 1. The van der Waals surface area contributed by atoms with E-state index in [-0.39, 0.29) is 11.8 Å². The van der Waals surface area contributed by atoms with Crippen molar-refractivity contribution >= 4 is 46.6 Å². The molecule has 0 aliphatic heterocycles. The van der Waals surface area contributed by atoms with E-state index in [0.29, 0.717) is 33.5 Å². The van der Waals surface area contributed by atoms with Crippen LogP contribution in [0.1, 0.15) is 15.9 Å². The maximum Gasteiger partial charge on any atom is 0.255 e. The molecule has 0 saturated carbocycles. The summed E-state index contributed by atoms with van der Waals surface area (Å²) in [6.07, 6.45) is 0. The van der Waals surface area contributed by atoms with Gasteiger partial charge in [0.25, 0.3) is 5.91 Å². The zero-order valence-electron chi connectivity index (χ0n) is 16.4. The fourth-order valence-corrected chi connectivity index (χ4v) is 3.60. The number of ether oxygens (including phenoxy) is 1. The van der Waals surface area contributed by atoms with Crippen LogP contribution in [0.25, 0.3) is 0 Å². The molecule has 7 heteroatoms. The van der Waals surface area contributed by atoms with Crippen LogP contribution in [0, 0.1) is 0 Å². The van der Waals surface area contributed by atoms with Gasteiger partial charge in [0.2, 0.25) is 5.91 Å². The van der Waals surface area contributed by atoms with Gasteiger partial charge in [0.05, 0.1) is 18.6 Å². The van der Waals surface area contributed by atoms with Crippen LogP contribution in [0.2, 0.25) is 5.02 Å². The normalized spacial score (nSPS) is 10.3. The predicted molar refractivity (Wildman–Crippen MR) is 124 cm³/mol. The second kappa shape index (κ2) is 10.7. The Kier molecular flexibility index (Phi) is 7.76.